The summed E-state index contributed by atoms with van der Waals surface area (Å²) in [4.78, 5) is 23.4. The van der Waals surface area contributed by atoms with E-state index in [0.29, 0.717) is 18.8 Å². The molecule has 31 heavy (non-hydrogen) atoms. The molecule has 0 aliphatic heterocycles. The van der Waals surface area contributed by atoms with Crippen molar-refractivity contribution in [3.8, 4) is 11.5 Å². The number of ether oxygens (including phenoxy) is 4. The molecule has 0 spiro atoms. The average molecular weight is 425 g/mol. The van der Waals surface area contributed by atoms with Crippen molar-refractivity contribution < 1.29 is 28.5 Å². The number of carbonyl (C=O) groups excluding carboxylic acids is 2. The predicted molar refractivity (Wildman–Crippen MR) is 118 cm³/mol. The number of carbonyl (C=O) groups is 2. The number of rotatable bonds is 10. The minimum Gasteiger partial charge on any atom is -0.493 e. The minimum atomic E-state index is -0.548. The van der Waals surface area contributed by atoms with Gasteiger partial charge in [0.2, 0.25) is 0 Å². The summed E-state index contributed by atoms with van der Waals surface area (Å²) in [7, 11) is 0. The highest BCUT2D eigenvalue weighted by Crippen LogP contribution is 2.43. The second-order valence-electron chi connectivity index (χ2n) is 6.77. The van der Waals surface area contributed by atoms with E-state index in [0.717, 1.165) is 40.1 Å². The number of allylic oxidation sites excluding steroid dienone is 2. The summed E-state index contributed by atoms with van der Waals surface area (Å²) in [5.74, 6) is 0.926. The van der Waals surface area contributed by atoms with Crippen LogP contribution in [0, 0.1) is 0 Å². The highest BCUT2D eigenvalue weighted by molar-refractivity contribution is 5.97. The first-order valence-corrected chi connectivity index (χ1v) is 10.3. The zero-order valence-corrected chi connectivity index (χ0v) is 17.6. The molecular weight excluding hydrogens is 398 g/mol. The number of fused-ring (bicyclic) bond motifs is 2. The number of amides is 1. The molecule has 1 aliphatic rings. The molecule has 0 radical (unpaired) electrons. The molecular formula is C24H27NO6. The summed E-state index contributed by atoms with van der Waals surface area (Å²) in [6, 6.07) is 7.79. The lowest BCUT2D eigenvalue weighted by atomic mass is 9.90. The molecule has 1 amide bonds. The van der Waals surface area contributed by atoms with Crippen LogP contribution in [-0.4, -0.2) is 45.0 Å². The third kappa shape index (κ3) is 5.64. The van der Waals surface area contributed by atoms with Crippen LogP contribution in [0.3, 0.4) is 0 Å². The highest BCUT2D eigenvalue weighted by Gasteiger charge is 2.23. The number of esters is 1. The van der Waals surface area contributed by atoms with Gasteiger partial charge in [-0.05, 0) is 19.8 Å². The van der Waals surface area contributed by atoms with Crippen molar-refractivity contribution in [3.63, 3.8) is 0 Å². The van der Waals surface area contributed by atoms with Crippen LogP contribution < -0.4 is 14.8 Å². The molecule has 3 rings (SSSR count). The highest BCUT2D eigenvalue weighted by atomic mass is 16.6. The van der Waals surface area contributed by atoms with Crippen LogP contribution in [0.5, 0.6) is 11.5 Å². The second-order valence-corrected chi connectivity index (χ2v) is 6.77. The van der Waals surface area contributed by atoms with Crippen LogP contribution in [0.25, 0.3) is 10.8 Å². The van der Waals surface area contributed by atoms with Gasteiger partial charge in [-0.3, -0.25) is 0 Å². The summed E-state index contributed by atoms with van der Waals surface area (Å²) in [6.07, 6.45) is 6.13. The Balaban J connectivity index is 1.65. The summed E-state index contributed by atoms with van der Waals surface area (Å²) in [5, 5.41) is 4.47. The van der Waals surface area contributed by atoms with Crippen molar-refractivity contribution in [1.29, 1.82) is 0 Å². The largest absolute Gasteiger partial charge is 0.493 e. The van der Waals surface area contributed by atoms with Crippen LogP contribution in [0.2, 0.25) is 0 Å². The fraction of sp³-hybridized carbons (Fsp3) is 0.333. The van der Waals surface area contributed by atoms with E-state index in [-0.39, 0.29) is 26.4 Å². The van der Waals surface area contributed by atoms with Crippen LogP contribution in [0.15, 0.2) is 49.1 Å². The quantitative estimate of drug-likeness (QED) is 0.270. The maximum atomic E-state index is 12.5. The standard InChI is InChI=1S/C24H27NO6/c1-3-21(26)30-16-15-28-14-13-25-24(27)31-23-19-11-7-5-9-17(19)22(29-4-2)18-10-6-8-12-20(18)23/h3,5-9,11H,1,4,10,12-16H2,2H3,(H,25,27). The van der Waals surface area contributed by atoms with Gasteiger partial charge >= 0.3 is 12.1 Å². The molecule has 0 atom stereocenters. The first-order valence-electron chi connectivity index (χ1n) is 10.3. The topological polar surface area (TPSA) is 83.1 Å². The summed E-state index contributed by atoms with van der Waals surface area (Å²) < 4.78 is 21.9. The van der Waals surface area contributed by atoms with Gasteiger partial charge in [0.15, 0.2) is 0 Å². The summed E-state index contributed by atoms with van der Waals surface area (Å²) in [6.45, 7) is 6.75. The van der Waals surface area contributed by atoms with Crippen molar-refractivity contribution in [1.82, 2.24) is 5.32 Å². The Morgan fingerprint density at radius 1 is 1.03 bits per heavy atom. The fourth-order valence-corrected chi connectivity index (χ4v) is 3.45. The van der Waals surface area contributed by atoms with Crippen molar-refractivity contribution >= 4 is 22.8 Å². The first kappa shape index (κ1) is 22.4. The molecule has 2 aromatic carbocycles. The van der Waals surface area contributed by atoms with E-state index < -0.39 is 12.1 Å². The average Bonchev–Trinajstić information content (AvgIpc) is 2.80. The molecule has 0 bridgehead atoms. The van der Waals surface area contributed by atoms with Crippen LogP contribution in [-0.2, 0) is 27.1 Å². The van der Waals surface area contributed by atoms with E-state index in [1.54, 1.807) is 0 Å². The Hall–Kier alpha value is -3.32. The van der Waals surface area contributed by atoms with Gasteiger partial charge < -0.3 is 24.3 Å². The molecule has 7 heteroatoms. The van der Waals surface area contributed by atoms with Crippen molar-refractivity contribution in [2.24, 2.45) is 0 Å². The van der Waals surface area contributed by atoms with Gasteiger partial charge in [-0.25, -0.2) is 9.59 Å². The molecule has 1 N–H and O–H groups in total. The van der Waals surface area contributed by atoms with E-state index in [2.05, 4.69) is 24.0 Å². The second kappa shape index (κ2) is 11.2. The Bertz CT molecular complexity index is 982. The van der Waals surface area contributed by atoms with Crippen molar-refractivity contribution in [2.45, 2.75) is 19.8 Å². The molecule has 0 saturated carbocycles. The number of hydrogen-bond acceptors (Lipinski definition) is 6. The maximum absolute atomic E-state index is 12.5. The monoisotopic (exact) mass is 425 g/mol. The molecule has 7 nitrogen and oxygen atoms in total. The molecule has 0 unspecified atom stereocenters. The molecule has 0 saturated heterocycles. The minimum absolute atomic E-state index is 0.132. The van der Waals surface area contributed by atoms with Gasteiger partial charge in [-0.1, -0.05) is 43.0 Å². The Labute approximate surface area is 181 Å². The fourth-order valence-electron chi connectivity index (χ4n) is 3.45. The van der Waals surface area contributed by atoms with E-state index in [4.69, 9.17) is 18.9 Å². The molecule has 164 valence electrons. The number of hydrogen-bond donors (Lipinski definition) is 1. The third-order valence-electron chi connectivity index (χ3n) is 4.78. The van der Waals surface area contributed by atoms with Crippen LogP contribution in [0.1, 0.15) is 18.1 Å². The normalized spacial score (nSPS) is 12.2. The lowest BCUT2D eigenvalue weighted by Gasteiger charge is -2.22. The Morgan fingerprint density at radius 3 is 2.39 bits per heavy atom. The molecule has 1 aliphatic carbocycles. The van der Waals surface area contributed by atoms with Crippen LogP contribution >= 0.6 is 0 Å². The summed E-state index contributed by atoms with van der Waals surface area (Å²) in [5.41, 5.74) is 2.03. The molecule has 0 heterocycles. The van der Waals surface area contributed by atoms with E-state index in [1.807, 2.05) is 31.2 Å². The maximum Gasteiger partial charge on any atom is 0.412 e. The van der Waals surface area contributed by atoms with Crippen molar-refractivity contribution in [2.75, 3.05) is 33.0 Å². The predicted octanol–water partition coefficient (Wildman–Crippen LogP) is 3.73. The lowest BCUT2D eigenvalue weighted by molar-refractivity contribution is -0.139. The lowest BCUT2D eigenvalue weighted by Crippen LogP contribution is -2.31. The SMILES string of the molecule is C=CC(=O)OCCOCCNC(=O)Oc1c2c(c(OCC)c3ccccc13)CC=CC2. The number of benzene rings is 2. The van der Waals surface area contributed by atoms with E-state index in [9.17, 15) is 9.59 Å². The van der Waals surface area contributed by atoms with Gasteiger partial charge in [0, 0.05) is 34.5 Å². The zero-order chi connectivity index (χ0) is 22.1. The van der Waals surface area contributed by atoms with Gasteiger partial charge in [0.25, 0.3) is 0 Å². The van der Waals surface area contributed by atoms with Gasteiger partial charge in [-0.2, -0.15) is 0 Å². The van der Waals surface area contributed by atoms with Gasteiger partial charge in [0.05, 0.1) is 19.8 Å². The first-order chi connectivity index (χ1) is 15.2. The summed E-state index contributed by atoms with van der Waals surface area (Å²) >= 11 is 0. The third-order valence-corrected chi connectivity index (χ3v) is 4.78. The molecule has 0 fully saturated rings. The molecule has 2 aromatic rings. The smallest absolute Gasteiger partial charge is 0.412 e. The Kier molecular flexibility index (Phi) is 8.06. The molecule has 0 aromatic heterocycles. The van der Waals surface area contributed by atoms with Crippen molar-refractivity contribution in [3.05, 3.63) is 60.2 Å². The van der Waals surface area contributed by atoms with Gasteiger partial charge in [-0.15, -0.1) is 0 Å². The van der Waals surface area contributed by atoms with E-state index in [1.165, 1.54) is 0 Å². The zero-order valence-electron chi connectivity index (χ0n) is 17.6. The van der Waals surface area contributed by atoms with Gasteiger partial charge in [0.1, 0.15) is 18.1 Å². The van der Waals surface area contributed by atoms with Crippen LogP contribution in [0.4, 0.5) is 4.79 Å². The number of nitrogens with one attached hydrogen (secondary N) is 1. The Morgan fingerprint density at radius 2 is 1.71 bits per heavy atom. The van der Waals surface area contributed by atoms with E-state index >= 15 is 0 Å².